The maximum Gasteiger partial charge on any atom is 0.238 e. The number of piperazine rings is 1. The number of carbonyl (C=O) groups excluding carboxylic acids is 2. The molecule has 0 unspecified atom stereocenters. The molecule has 1 fully saturated rings. The summed E-state index contributed by atoms with van der Waals surface area (Å²) in [4.78, 5) is 30.0. The highest BCUT2D eigenvalue weighted by atomic mass is 35.5. The third-order valence-corrected chi connectivity index (χ3v) is 6.03. The molecule has 1 aliphatic rings. The Morgan fingerprint density at radius 3 is 2.36 bits per heavy atom. The van der Waals surface area contributed by atoms with Crippen LogP contribution in [0.1, 0.15) is 6.92 Å². The van der Waals surface area contributed by atoms with Crippen molar-refractivity contribution in [2.45, 2.75) is 17.1 Å². The number of hydrogen-bond donors (Lipinski definition) is 1. The molecule has 1 heterocycles. The quantitative estimate of drug-likeness (QED) is 0.729. The summed E-state index contributed by atoms with van der Waals surface area (Å²) in [5, 5.41) is 3.24. The third-order valence-electron chi connectivity index (χ3n) is 4.60. The van der Waals surface area contributed by atoms with Crippen molar-refractivity contribution in [3.05, 3.63) is 59.6 Å². The van der Waals surface area contributed by atoms with Gasteiger partial charge in [0, 0.05) is 31.1 Å². The maximum absolute atomic E-state index is 12.7. The van der Waals surface area contributed by atoms with Crippen molar-refractivity contribution < 1.29 is 9.59 Å². The fraction of sp³-hybridized carbons (Fsp3) is 0.333. The first-order valence-corrected chi connectivity index (χ1v) is 10.6. The molecule has 0 radical (unpaired) electrons. The number of halogens is 1. The van der Waals surface area contributed by atoms with Crippen LogP contribution < -0.4 is 5.32 Å². The molecule has 1 saturated heterocycles. The minimum atomic E-state index is -0.127. The molecule has 3 rings (SSSR count). The molecule has 0 aromatic heterocycles. The Balaban J connectivity index is 1.44. The van der Waals surface area contributed by atoms with Crippen LogP contribution >= 0.6 is 23.4 Å². The molecule has 7 heteroatoms. The fourth-order valence-electron chi connectivity index (χ4n) is 3.09. The molecule has 1 atom stereocenters. The van der Waals surface area contributed by atoms with Crippen LogP contribution in [0.2, 0.25) is 5.02 Å². The van der Waals surface area contributed by atoms with E-state index < -0.39 is 0 Å². The molecule has 5 nitrogen and oxygen atoms in total. The van der Waals surface area contributed by atoms with E-state index in [9.17, 15) is 9.59 Å². The van der Waals surface area contributed by atoms with E-state index in [0.717, 1.165) is 4.90 Å². The van der Waals surface area contributed by atoms with Gasteiger partial charge in [0.05, 0.1) is 22.5 Å². The third kappa shape index (κ3) is 5.74. The first-order valence-electron chi connectivity index (χ1n) is 9.30. The Labute approximate surface area is 175 Å². The second kappa shape index (κ2) is 9.96. The van der Waals surface area contributed by atoms with Gasteiger partial charge in [0.25, 0.3) is 0 Å². The second-order valence-electron chi connectivity index (χ2n) is 6.70. The molecule has 1 aliphatic heterocycles. The van der Waals surface area contributed by atoms with E-state index in [-0.39, 0.29) is 17.1 Å². The van der Waals surface area contributed by atoms with Crippen LogP contribution in [0.25, 0.3) is 0 Å². The lowest BCUT2D eigenvalue weighted by molar-refractivity contribution is -0.132. The zero-order valence-electron chi connectivity index (χ0n) is 15.8. The SMILES string of the molecule is C[C@H](Sc1ccccc1)C(=O)N1CCN(CC(=O)Nc2ccccc2Cl)CC1. The van der Waals surface area contributed by atoms with Gasteiger partial charge in [-0.3, -0.25) is 14.5 Å². The minimum absolute atomic E-state index is 0.0964. The van der Waals surface area contributed by atoms with Crippen molar-refractivity contribution >= 4 is 40.9 Å². The Morgan fingerprint density at radius 2 is 1.68 bits per heavy atom. The monoisotopic (exact) mass is 417 g/mol. The number of carbonyl (C=O) groups is 2. The van der Waals surface area contributed by atoms with Crippen LogP contribution in [0.3, 0.4) is 0 Å². The smallest absolute Gasteiger partial charge is 0.238 e. The zero-order chi connectivity index (χ0) is 19.9. The van der Waals surface area contributed by atoms with Crippen molar-refractivity contribution in [2.24, 2.45) is 0 Å². The van der Waals surface area contributed by atoms with Gasteiger partial charge in [-0.05, 0) is 31.2 Å². The highest BCUT2D eigenvalue weighted by Crippen LogP contribution is 2.24. The van der Waals surface area contributed by atoms with Crippen molar-refractivity contribution in [3.8, 4) is 0 Å². The van der Waals surface area contributed by atoms with E-state index in [2.05, 4.69) is 10.2 Å². The van der Waals surface area contributed by atoms with E-state index >= 15 is 0 Å². The molecular weight excluding hydrogens is 394 g/mol. The lowest BCUT2D eigenvalue weighted by Gasteiger charge is -2.35. The van der Waals surface area contributed by atoms with Gasteiger partial charge in [-0.1, -0.05) is 41.9 Å². The number of para-hydroxylation sites is 1. The van der Waals surface area contributed by atoms with E-state index in [1.54, 1.807) is 23.9 Å². The largest absolute Gasteiger partial charge is 0.339 e. The fourth-order valence-corrected chi connectivity index (χ4v) is 4.25. The van der Waals surface area contributed by atoms with Crippen LogP contribution in [0.5, 0.6) is 0 Å². The molecule has 2 amide bonds. The van der Waals surface area contributed by atoms with Crippen LogP contribution in [0.4, 0.5) is 5.69 Å². The van der Waals surface area contributed by atoms with Gasteiger partial charge < -0.3 is 10.2 Å². The van der Waals surface area contributed by atoms with Crippen molar-refractivity contribution in [2.75, 3.05) is 38.0 Å². The molecule has 0 aliphatic carbocycles. The first-order chi connectivity index (χ1) is 13.5. The van der Waals surface area contributed by atoms with Gasteiger partial charge in [0.15, 0.2) is 0 Å². The number of thioether (sulfide) groups is 1. The summed E-state index contributed by atoms with van der Waals surface area (Å²) >= 11 is 7.66. The number of nitrogens with zero attached hydrogens (tertiary/aromatic N) is 2. The maximum atomic E-state index is 12.7. The highest BCUT2D eigenvalue weighted by molar-refractivity contribution is 8.00. The summed E-state index contributed by atoms with van der Waals surface area (Å²) in [6.45, 7) is 4.88. The van der Waals surface area contributed by atoms with Crippen LogP contribution in [0, 0.1) is 0 Å². The lowest BCUT2D eigenvalue weighted by atomic mass is 10.2. The zero-order valence-corrected chi connectivity index (χ0v) is 17.4. The van der Waals surface area contributed by atoms with Gasteiger partial charge in [-0.25, -0.2) is 0 Å². The summed E-state index contributed by atoms with van der Waals surface area (Å²) in [6.07, 6.45) is 0. The molecule has 0 saturated carbocycles. The van der Waals surface area contributed by atoms with Crippen LogP contribution in [0.15, 0.2) is 59.5 Å². The first kappa shape index (κ1) is 20.7. The molecule has 2 aromatic carbocycles. The van der Waals surface area contributed by atoms with Crippen molar-refractivity contribution in [3.63, 3.8) is 0 Å². The summed E-state index contributed by atoms with van der Waals surface area (Å²) in [6, 6.07) is 17.1. The summed E-state index contributed by atoms with van der Waals surface area (Å²) in [7, 11) is 0. The molecule has 0 spiro atoms. The number of anilines is 1. The molecular formula is C21H24ClN3O2S. The average Bonchev–Trinajstić information content (AvgIpc) is 2.70. The lowest BCUT2D eigenvalue weighted by Crippen LogP contribution is -2.52. The Bertz CT molecular complexity index is 810. The molecule has 28 heavy (non-hydrogen) atoms. The number of nitrogens with one attached hydrogen (secondary N) is 1. The van der Waals surface area contributed by atoms with Gasteiger partial charge >= 0.3 is 0 Å². The predicted octanol–water partition coefficient (Wildman–Crippen LogP) is 3.60. The molecule has 148 valence electrons. The molecule has 1 N–H and O–H groups in total. The van der Waals surface area contributed by atoms with Crippen molar-refractivity contribution in [1.82, 2.24) is 9.80 Å². The number of amides is 2. The Hall–Kier alpha value is -2.02. The van der Waals surface area contributed by atoms with E-state index in [1.807, 2.05) is 54.3 Å². The van der Waals surface area contributed by atoms with E-state index in [0.29, 0.717) is 43.4 Å². The number of hydrogen-bond acceptors (Lipinski definition) is 4. The average molecular weight is 418 g/mol. The van der Waals surface area contributed by atoms with E-state index in [4.69, 9.17) is 11.6 Å². The Kier molecular flexibility index (Phi) is 7.36. The highest BCUT2D eigenvalue weighted by Gasteiger charge is 2.26. The number of rotatable bonds is 6. The van der Waals surface area contributed by atoms with Gasteiger partial charge in [0.2, 0.25) is 11.8 Å². The number of benzene rings is 2. The van der Waals surface area contributed by atoms with E-state index in [1.165, 1.54) is 0 Å². The standard InChI is InChI=1S/C21H24ClN3O2S/c1-16(28-17-7-3-2-4-8-17)21(27)25-13-11-24(12-14-25)15-20(26)23-19-10-6-5-9-18(19)22/h2-10,16H,11-15H2,1H3,(H,23,26)/t16-/m0/s1. The summed E-state index contributed by atoms with van der Waals surface area (Å²) in [5.74, 6) is 0.0508. The second-order valence-corrected chi connectivity index (χ2v) is 8.52. The summed E-state index contributed by atoms with van der Waals surface area (Å²) in [5.41, 5.74) is 0.620. The van der Waals surface area contributed by atoms with Crippen LogP contribution in [-0.4, -0.2) is 59.6 Å². The predicted molar refractivity (Wildman–Crippen MR) is 115 cm³/mol. The van der Waals surface area contributed by atoms with Gasteiger partial charge in [-0.2, -0.15) is 0 Å². The summed E-state index contributed by atoms with van der Waals surface area (Å²) < 4.78 is 0. The van der Waals surface area contributed by atoms with Gasteiger partial charge in [-0.15, -0.1) is 11.8 Å². The van der Waals surface area contributed by atoms with Crippen LogP contribution in [-0.2, 0) is 9.59 Å². The van der Waals surface area contributed by atoms with Crippen molar-refractivity contribution in [1.29, 1.82) is 0 Å². The van der Waals surface area contributed by atoms with Gasteiger partial charge in [0.1, 0.15) is 0 Å². The minimum Gasteiger partial charge on any atom is -0.339 e. The topological polar surface area (TPSA) is 52.7 Å². The Morgan fingerprint density at radius 1 is 1.04 bits per heavy atom. The molecule has 0 bridgehead atoms. The molecule has 2 aromatic rings. The normalized spacial score (nSPS) is 15.9.